The summed E-state index contributed by atoms with van der Waals surface area (Å²) in [5, 5.41) is 8.85. The molecule has 4 N–H and O–H groups in total. The molecule has 5 rings (SSSR count). The van der Waals surface area contributed by atoms with Crippen LogP contribution in [0.5, 0.6) is 17.2 Å². The minimum absolute atomic E-state index is 0.120. The molecule has 1 aromatic heterocycles. The van der Waals surface area contributed by atoms with E-state index in [0.717, 1.165) is 5.56 Å². The van der Waals surface area contributed by atoms with Crippen molar-refractivity contribution < 1.29 is 41.8 Å². The number of hydrogen-bond acceptors (Lipinski definition) is 10. The Kier molecular flexibility index (Phi) is 14.3. The van der Waals surface area contributed by atoms with Crippen LogP contribution in [-0.4, -0.2) is 67.8 Å². The second-order valence-corrected chi connectivity index (χ2v) is 18.6. The summed E-state index contributed by atoms with van der Waals surface area (Å²) in [5.74, 6) is -1.21. The fourth-order valence-electron chi connectivity index (χ4n) is 6.55. The maximum atomic E-state index is 14.4. The molecule has 14 nitrogen and oxygen atoms in total. The van der Waals surface area contributed by atoms with E-state index in [1.54, 1.807) is 85.9 Å². The van der Waals surface area contributed by atoms with E-state index in [9.17, 15) is 27.6 Å². The van der Waals surface area contributed by atoms with Crippen molar-refractivity contribution in [3.63, 3.8) is 0 Å². The van der Waals surface area contributed by atoms with Gasteiger partial charge in [0.1, 0.15) is 41.0 Å². The molecule has 4 aromatic rings. The molecule has 2 heterocycles. The molecule has 60 heavy (non-hydrogen) atoms. The number of amides is 4. The van der Waals surface area contributed by atoms with E-state index in [1.165, 1.54) is 0 Å². The number of carbonyl (C=O) groups is 4. The highest BCUT2D eigenvalue weighted by atomic mass is 32.2. The van der Waals surface area contributed by atoms with Crippen molar-refractivity contribution in [1.82, 2.24) is 25.7 Å². The molecule has 3 aromatic carbocycles. The SMILES string of the molecule is CCC[C@@H]1NC(=O)[C@@H](NC(=O)[C@@H](NC(=O)OC(C)(C)C)C(C)(C)C)c2ccc(Oc3cc(-c4ccccc4)nc4cc(OC)ccc34)c(c2)/C=C/CCCS(=O)(=O)NC1=O. The summed E-state index contributed by atoms with van der Waals surface area (Å²) in [6.45, 7) is 12.2. The highest BCUT2D eigenvalue weighted by molar-refractivity contribution is 7.90. The van der Waals surface area contributed by atoms with Gasteiger partial charge in [-0.25, -0.2) is 18.2 Å². The Morgan fingerprint density at radius 1 is 0.933 bits per heavy atom. The zero-order valence-corrected chi connectivity index (χ0v) is 36.2. The van der Waals surface area contributed by atoms with Crippen molar-refractivity contribution in [2.45, 2.75) is 97.9 Å². The van der Waals surface area contributed by atoms with Crippen molar-refractivity contribution in [2.75, 3.05) is 12.9 Å². The fourth-order valence-corrected chi connectivity index (χ4v) is 7.65. The number of fused-ring (bicyclic) bond motifs is 3. The molecule has 0 unspecified atom stereocenters. The molecule has 1 aliphatic rings. The van der Waals surface area contributed by atoms with Gasteiger partial charge >= 0.3 is 6.09 Å². The van der Waals surface area contributed by atoms with Gasteiger partial charge in [-0.1, -0.05) is 82.7 Å². The topological polar surface area (TPSA) is 191 Å². The van der Waals surface area contributed by atoms with E-state index in [0.29, 0.717) is 57.8 Å². The van der Waals surface area contributed by atoms with Crippen LogP contribution in [0, 0.1) is 5.41 Å². The van der Waals surface area contributed by atoms with Crippen molar-refractivity contribution >= 4 is 50.8 Å². The summed E-state index contributed by atoms with van der Waals surface area (Å²) in [6.07, 6.45) is 3.80. The first-order chi connectivity index (χ1) is 28.3. The van der Waals surface area contributed by atoms with Crippen molar-refractivity contribution in [2.24, 2.45) is 5.41 Å². The molecule has 15 heteroatoms. The first-order valence-corrected chi connectivity index (χ1v) is 21.6. The zero-order chi connectivity index (χ0) is 43.8. The van der Waals surface area contributed by atoms with Crippen molar-refractivity contribution in [1.29, 1.82) is 0 Å². The van der Waals surface area contributed by atoms with Crippen LogP contribution in [0.4, 0.5) is 4.79 Å². The zero-order valence-electron chi connectivity index (χ0n) is 35.4. The lowest BCUT2D eigenvalue weighted by atomic mass is 9.86. The van der Waals surface area contributed by atoms with Crippen LogP contribution < -0.4 is 30.1 Å². The molecule has 1 aliphatic heterocycles. The van der Waals surface area contributed by atoms with Gasteiger partial charge in [0.25, 0.3) is 5.91 Å². The molecule has 320 valence electrons. The molecule has 2 bridgehead atoms. The highest BCUT2D eigenvalue weighted by Crippen LogP contribution is 2.37. The van der Waals surface area contributed by atoms with Crippen LogP contribution in [0.25, 0.3) is 28.2 Å². The van der Waals surface area contributed by atoms with Gasteiger partial charge in [0, 0.05) is 28.6 Å². The van der Waals surface area contributed by atoms with E-state index < -0.39 is 63.0 Å². The number of sulfonamides is 1. The summed E-state index contributed by atoms with van der Waals surface area (Å²) in [6, 6.07) is 18.1. The largest absolute Gasteiger partial charge is 0.497 e. The maximum Gasteiger partial charge on any atom is 0.408 e. The normalized spacial score (nSPS) is 18.4. The van der Waals surface area contributed by atoms with Crippen LogP contribution >= 0.6 is 0 Å². The smallest absolute Gasteiger partial charge is 0.408 e. The summed E-state index contributed by atoms with van der Waals surface area (Å²) in [4.78, 5) is 59.8. The van der Waals surface area contributed by atoms with Crippen molar-refractivity contribution in [3.8, 4) is 28.5 Å². The molecule has 0 fully saturated rings. The molecular formula is C45H55N5O9S. The van der Waals surface area contributed by atoms with Gasteiger partial charge < -0.3 is 30.2 Å². The van der Waals surface area contributed by atoms with Crippen molar-refractivity contribution in [3.05, 3.63) is 90.0 Å². The first kappa shape index (κ1) is 45.1. The average molecular weight is 842 g/mol. The van der Waals surface area contributed by atoms with Gasteiger partial charge in [-0.3, -0.25) is 19.1 Å². The molecule has 3 atom stereocenters. The second-order valence-electron chi connectivity index (χ2n) is 16.7. The summed E-state index contributed by atoms with van der Waals surface area (Å²) in [5.41, 5.74) is 1.29. The number of alkyl carbamates (subject to hydrolysis) is 1. The third kappa shape index (κ3) is 12.1. The Morgan fingerprint density at radius 3 is 2.33 bits per heavy atom. The van der Waals surface area contributed by atoms with Gasteiger partial charge in [-0.15, -0.1) is 0 Å². The number of rotatable bonds is 9. The number of aromatic nitrogens is 1. The first-order valence-electron chi connectivity index (χ1n) is 19.9. The Bertz CT molecular complexity index is 2350. The summed E-state index contributed by atoms with van der Waals surface area (Å²) in [7, 11) is -2.47. The minimum atomic E-state index is -4.05. The fraction of sp³-hybridized carbons (Fsp3) is 0.400. The van der Waals surface area contributed by atoms with E-state index in [-0.39, 0.29) is 18.6 Å². The predicted octanol–water partition coefficient (Wildman–Crippen LogP) is 7.34. The lowest BCUT2D eigenvalue weighted by molar-refractivity contribution is -0.133. The van der Waals surface area contributed by atoms with Crippen LogP contribution in [0.3, 0.4) is 0 Å². The molecule has 0 radical (unpaired) electrons. The molecule has 0 saturated carbocycles. The van der Waals surface area contributed by atoms with E-state index in [2.05, 4.69) is 20.7 Å². The van der Waals surface area contributed by atoms with Crippen LogP contribution in [0.15, 0.2) is 78.9 Å². The van der Waals surface area contributed by atoms with Gasteiger partial charge in [-0.05, 0) is 75.3 Å². The lowest BCUT2D eigenvalue weighted by Crippen LogP contribution is -2.57. The molecule has 0 aliphatic carbocycles. The Balaban J connectivity index is 1.63. The van der Waals surface area contributed by atoms with Gasteiger partial charge in [0.05, 0.1) is 24.1 Å². The van der Waals surface area contributed by atoms with E-state index >= 15 is 0 Å². The van der Waals surface area contributed by atoms with Crippen LogP contribution in [0.2, 0.25) is 0 Å². The standard InChI is InChI=1S/C45H55N5O9S/c1-9-16-33-40(51)50-60(55,56)24-15-11-14-19-29-25-30(38(41(52)47-33)48-42(53)39(44(2,3)4)49-43(54)59-45(5,6)7)20-23-36(29)58-37-27-34(28-17-12-10-13-18-28)46-35-26-31(57-8)21-22-32(35)37/h10,12-14,17-23,25-27,33,38-39H,9,11,15-16,24H2,1-8H3,(H,47,52)(H,48,53)(H,49,54)(H,50,51)/b19-14+/t33-,38-,39+/m0/s1. The Labute approximate surface area is 351 Å². The lowest BCUT2D eigenvalue weighted by Gasteiger charge is -2.33. The number of benzene rings is 3. The number of ether oxygens (including phenoxy) is 3. The Morgan fingerprint density at radius 2 is 1.67 bits per heavy atom. The number of pyridine rings is 1. The number of carbonyl (C=O) groups excluding carboxylic acids is 4. The van der Waals surface area contributed by atoms with Gasteiger partial charge in [0.2, 0.25) is 21.8 Å². The molecule has 0 spiro atoms. The van der Waals surface area contributed by atoms with Gasteiger partial charge in [-0.2, -0.15) is 0 Å². The average Bonchev–Trinajstić information content (AvgIpc) is 3.17. The minimum Gasteiger partial charge on any atom is -0.497 e. The second kappa shape index (κ2) is 19.0. The number of allylic oxidation sites excluding steroid dienone is 1. The molecule has 4 amide bonds. The third-order valence-electron chi connectivity index (χ3n) is 9.52. The summed E-state index contributed by atoms with van der Waals surface area (Å²) >= 11 is 0. The molecular weight excluding hydrogens is 787 g/mol. The van der Waals surface area contributed by atoms with Gasteiger partial charge in [0.15, 0.2) is 0 Å². The highest BCUT2D eigenvalue weighted by Gasteiger charge is 2.37. The third-order valence-corrected chi connectivity index (χ3v) is 10.9. The molecule has 0 saturated heterocycles. The number of methoxy groups -OCH3 is 1. The maximum absolute atomic E-state index is 14.4. The number of nitrogens with zero attached hydrogens (tertiary/aromatic N) is 1. The number of hydrogen-bond donors (Lipinski definition) is 4. The van der Waals surface area contributed by atoms with Crippen LogP contribution in [0.1, 0.15) is 91.3 Å². The van der Waals surface area contributed by atoms with Crippen LogP contribution in [-0.2, 0) is 29.1 Å². The van der Waals surface area contributed by atoms with E-state index in [4.69, 9.17) is 19.2 Å². The summed E-state index contributed by atoms with van der Waals surface area (Å²) < 4.78 is 45.7. The quantitative estimate of drug-likeness (QED) is 0.133. The predicted molar refractivity (Wildman–Crippen MR) is 231 cm³/mol. The van der Waals surface area contributed by atoms with E-state index in [1.807, 2.05) is 54.6 Å². The monoisotopic (exact) mass is 841 g/mol. The number of nitrogens with one attached hydrogen (secondary N) is 4. The Hall–Kier alpha value is -5.96.